The second-order valence-corrected chi connectivity index (χ2v) is 8.11. The lowest BCUT2D eigenvalue weighted by molar-refractivity contribution is -0.158. The molecule has 2 aliphatic carbocycles. The minimum absolute atomic E-state index is 0.0915. The Morgan fingerprint density at radius 1 is 0.960 bits per heavy atom. The van der Waals surface area contributed by atoms with Gasteiger partial charge in [-0.3, -0.25) is 4.79 Å². The number of hydrogen-bond donors (Lipinski definition) is 0. The van der Waals surface area contributed by atoms with Crippen molar-refractivity contribution in [2.24, 2.45) is 16.7 Å². The summed E-state index contributed by atoms with van der Waals surface area (Å²) in [5, 5.41) is 0. The van der Waals surface area contributed by atoms with E-state index in [-0.39, 0.29) is 5.41 Å². The highest BCUT2D eigenvalue weighted by Crippen LogP contribution is 2.72. The number of fused-ring (bicyclic) bond motifs is 2. The molecule has 0 N–H and O–H groups in total. The van der Waals surface area contributed by atoms with Crippen LogP contribution in [-0.4, -0.2) is 12.9 Å². The van der Waals surface area contributed by atoms with Crippen LogP contribution in [0.25, 0.3) is 0 Å². The van der Waals surface area contributed by atoms with E-state index in [1.807, 2.05) is 36.4 Å². The third kappa shape index (κ3) is 1.86. The lowest BCUT2D eigenvalue weighted by atomic mass is 9.55. The van der Waals surface area contributed by atoms with Crippen LogP contribution in [0.1, 0.15) is 44.2 Å². The molecule has 2 saturated carbocycles. The first-order valence-corrected chi connectivity index (χ1v) is 9.20. The Hall–Kier alpha value is -1.93. The number of carbonyl (C=O) groups is 1. The molecule has 2 fully saturated rings. The van der Waals surface area contributed by atoms with Crippen LogP contribution >= 0.6 is 0 Å². The molecule has 4 rings (SSSR count). The van der Waals surface area contributed by atoms with Gasteiger partial charge >= 0.3 is 0 Å². The average Bonchev–Trinajstić information content (AvgIpc) is 3.01. The minimum atomic E-state index is -0.749. The van der Waals surface area contributed by atoms with Gasteiger partial charge in [-0.05, 0) is 35.3 Å². The van der Waals surface area contributed by atoms with E-state index in [9.17, 15) is 4.79 Å². The van der Waals surface area contributed by atoms with E-state index < -0.39 is 11.0 Å². The van der Waals surface area contributed by atoms with Crippen molar-refractivity contribution in [3.63, 3.8) is 0 Å². The Bertz CT molecular complexity index is 739. The molecule has 0 amide bonds. The molecule has 0 spiro atoms. The molecule has 0 radical (unpaired) electrons. The van der Waals surface area contributed by atoms with E-state index in [1.54, 1.807) is 7.11 Å². The molecule has 2 aromatic rings. The van der Waals surface area contributed by atoms with Gasteiger partial charge in [-0.25, -0.2) is 0 Å². The summed E-state index contributed by atoms with van der Waals surface area (Å²) in [5.41, 5.74) is 0.787. The number of methoxy groups -OCH3 is 1. The summed E-state index contributed by atoms with van der Waals surface area (Å²) in [6.07, 6.45) is 2.67. The topological polar surface area (TPSA) is 26.3 Å². The lowest BCUT2D eigenvalue weighted by Gasteiger charge is -2.52. The Kier molecular flexibility index (Phi) is 3.66. The van der Waals surface area contributed by atoms with Gasteiger partial charge in [0, 0.05) is 13.5 Å². The molecule has 0 unspecified atom stereocenters. The van der Waals surface area contributed by atoms with Crippen LogP contribution in [0, 0.1) is 16.7 Å². The minimum Gasteiger partial charge on any atom is -0.368 e. The van der Waals surface area contributed by atoms with Gasteiger partial charge in [-0.1, -0.05) is 74.5 Å². The summed E-state index contributed by atoms with van der Waals surface area (Å²) in [7, 11) is 1.77. The normalized spacial score (nSPS) is 27.6. The van der Waals surface area contributed by atoms with Crippen molar-refractivity contribution < 1.29 is 9.53 Å². The van der Waals surface area contributed by atoms with E-state index in [1.165, 1.54) is 0 Å². The molecular weight excluding hydrogens is 308 g/mol. The molecule has 2 bridgehead atoms. The number of ketones is 1. The fraction of sp³-hybridized carbons (Fsp3) is 0.435. The van der Waals surface area contributed by atoms with E-state index in [0.717, 1.165) is 24.0 Å². The van der Waals surface area contributed by atoms with Crippen molar-refractivity contribution in [1.29, 1.82) is 0 Å². The van der Waals surface area contributed by atoms with Crippen molar-refractivity contribution in [2.75, 3.05) is 7.11 Å². The molecule has 130 valence electrons. The van der Waals surface area contributed by atoms with Crippen LogP contribution in [-0.2, 0) is 15.1 Å². The highest BCUT2D eigenvalue weighted by molar-refractivity contribution is 5.92. The van der Waals surface area contributed by atoms with Crippen molar-refractivity contribution in [3.05, 3.63) is 71.8 Å². The van der Waals surface area contributed by atoms with Gasteiger partial charge < -0.3 is 4.74 Å². The molecule has 0 aliphatic heterocycles. The van der Waals surface area contributed by atoms with Crippen LogP contribution in [0.4, 0.5) is 0 Å². The van der Waals surface area contributed by atoms with Crippen LogP contribution in [0.5, 0.6) is 0 Å². The Morgan fingerprint density at radius 3 is 1.84 bits per heavy atom. The van der Waals surface area contributed by atoms with Crippen LogP contribution in [0.3, 0.4) is 0 Å². The second-order valence-electron chi connectivity index (χ2n) is 8.11. The van der Waals surface area contributed by atoms with Crippen molar-refractivity contribution in [3.8, 4) is 0 Å². The lowest BCUT2D eigenvalue weighted by Crippen LogP contribution is -2.55. The predicted octanol–water partition coefficient (Wildman–Crippen LogP) is 4.97. The maximum atomic E-state index is 13.4. The molecule has 2 aliphatic rings. The Balaban J connectivity index is 2.07. The third-order valence-electron chi connectivity index (χ3n) is 7.16. The smallest absolute Gasteiger partial charge is 0.143 e. The third-order valence-corrected chi connectivity index (χ3v) is 7.16. The maximum absolute atomic E-state index is 13.4. The molecule has 0 aromatic heterocycles. The monoisotopic (exact) mass is 334 g/mol. The fourth-order valence-electron chi connectivity index (χ4n) is 5.92. The van der Waals surface area contributed by atoms with Crippen molar-refractivity contribution >= 4 is 5.78 Å². The first-order valence-electron chi connectivity index (χ1n) is 9.20. The molecule has 2 atom stereocenters. The molecule has 25 heavy (non-hydrogen) atoms. The highest BCUT2D eigenvalue weighted by Gasteiger charge is 2.73. The van der Waals surface area contributed by atoms with Crippen LogP contribution < -0.4 is 0 Å². The summed E-state index contributed by atoms with van der Waals surface area (Å²) in [5.74, 6) is 0.810. The molecule has 2 aromatic carbocycles. The van der Waals surface area contributed by atoms with Crippen molar-refractivity contribution in [2.45, 2.75) is 38.7 Å². The van der Waals surface area contributed by atoms with Crippen molar-refractivity contribution in [1.82, 2.24) is 0 Å². The number of Topliss-reactive ketones (excluding diaryl/α,β-unsaturated/α-hetero) is 1. The zero-order valence-electron chi connectivity index (χ0n) is 15.3. The van der Waals surface area contributed by atoms with Gasteiger partial charge in [-0.2, -0.15) is 0 Å². The number of rotatable bonds is 4. The Morgan fingerprint density at radius 2 is 1.48 bits per heavy atom. The highest BCUT2D eigenvalue weighted by atomic mass is 16.5. The largest absolute Gasteiger partial charge is 0.368 e. The molecule has 0 saturated heterocycles. The van der Waals surface area contributed by atoms with Gasteiger partial charge in [0.05, 0.1) is 5.41 Å². The van der Waals surface area contributed by atoms with E-state index >= 15 is 0 Å². The SMILES string of the molecule is COC(c1ccccc1)(c1ccccc1)[C@]12CC[C@H](CC1=O)C2(C)C. The summed E-state index contributed by atoms with van der Waals surface area (Å²) in [6.45, 7) is 4.55. The van der Waals surface area contributed by atoms with E-state index in [2.05, 4.69) is 38.1 Å². The van der Waals surface area contributed by atoms with Gasteiger partial charge in [0.1, 0.15) is 11.4 Å². The quantitative estimate of drug-likeness (QED) is 0.789. The molecule has 2 heteroatoms. The maximum Gasteiger partial charge on any atom is 0.143 e. The molecule has 0 heterocycles. The zero-order chi connectivity index (χ0) is 17.7. The second kappa shape index (κ2) is 5.54. The number of hydrogen-bond acceptors (Lipinski definition) is 2. The average molecular weight is 334 g/mol. The van der Waals surface area contributed by atoms with Crippen LogP contribution in [0.15, 0.2) is 60.7 Å². The first kappa shape index (κ1) is 16.5. The zero-order valence-corrected chi connectivity index (χ0v) is 15.3. The van der Waals surface area contributed by atoms with Gasteiger partial charge in [0.2, 0.25) is 0 Å². The Labute approximate surface area is 150 Å². The standard InChI is InChI=1S/C23H26O2/c1-21(2)19-14-15-22(21,20(24)16-19)23(25-3,17-10-6-4-7-11-17)18-12-8-5-9-13-18/h4-13,19H,14-16H2,1-3H3/t19-,22-/m1/s1. The number of carbonyl (C=O) groups excluding carboxylic acids is 1. The van der Waals surface area contributed by atoms with Gasteiger partial charge in [0.25, 0.3) is 0 Å². The van der Waals surface area contributed by atoms with Crippen LogP contribution in [0.2, 0.25) is 0 Å². The molecular formula is C23H26O2. The summed E-state index contributed by atoms with van der Waals surface area (Å²) < 4.78 is 6.40. The molecule has 2 nitrogen and oxygen atoms in total. The summed E-state index contributed by atoms with van der Waals surface area (Å²) >= 11 is 0. The van der Waals surface area contributed by atoms with E-state index in [4.69, 9.17) is 4.74 Å². The number of ether oxygens (including phenoxy) is 1. The number of benzene rings is 2. The van der Waals surface area contributed by atoms with Gasteiger partial charge in [0.15, 0.2) is 0 Å². The fourth-order valence-corrected chi connectivity index (χ4v) is 5.92. The predicted molar refractivity (Wildman–Crippen MR) is 99.2 cm³/mol. The van der Waals surface area contributed by atoms with E-state index in [0.29, 0.717) is 18.1 Å². The first-order chi connectivity index (χ1) is 12.0. The van der Waals surface area contributed by atoms with Gasteiger partial charge in [-0.15, -0.1) is 0 Å². The summed E-state index contributed by atoms with van der Waals surface area (Å²) in [4.78, 5) is 13.4. The summed E-state index contributed by atoms with van der Waals surface area (Å²) in [6, 6.07) is 20.7.